The minimum Gasteiger partial charge on any atom is -0.481 e. The summed E-state index contributed by atoms with van der Waals surface area (Å²) in [6.45, 7) is 1.50. The molecule has 1 aromatic heterocycles. The predicted octanol–water partition coefficient (Wildman–Crippen LogP) is 0.424. The molecule has 1 rings (SSSR count). The monoisotopic (exact) mass is 183 g/mol. The highest BCUT2D eigenvalue weighted by Gasteiger charge is 2.08. The maximum atomic E-state index is 9.34. The molecular weight excluding hydrogens is 170 g/mol. The third-order valence-corrected chi connectivity index (χ3v) is 1.72. The second-order valence-electron chi connectivity index (χ2n) is 2.78. The van der Waals surface area contributed by atoms with Crippen LogP contribution in [0.25, 0.3) is 0 Å². The second kappa shape index (κ2) is 4.20. The minimum atomic E-state index is -0.865. The summed E-state index contributed by atoms with van der Waals surface area (Å²) < 4.78 is 4.93. The lowest BCUT2D eigenvalue weighted by Crippen LogP contribution is -2.04. The van der Waals surface area contributed by atoms with Gasteiger partial charge in [0, 0.05) is 11.8 Å². The molecule has 0 saturated heterocycles. The van der Waals surface area contributed by atoms with Crippen molar-refractivity contribution in [3.8, 4) is 5.88 Å². The van der Waals surface area contributed by atoms with Crippen LogP contribution in [0.5, 0.6) is 5.88 Å². The maximum Gasteiger partial charge on any atom is 0.213 e. The summed E-state index contributed by atoms with van der Waals surface area (Å²) in [5.41, 5.74) is 1.37. The van der Waals surface area contributed by atoms with Crippen LogP contribution in [0.1, 0.15) is 17.4 Å². The standard InChI is InChI=1S/C9H13NO3/c1-6-3-7(8(12)5-11)4-9(10-6)13-2/h3-4,8,11-12H,5H2,1-2H3. The molecule has 0 saturated carbocycles. The van der Waals surface area contributed by atoms with E-state index in [0.29, 0.717) is 11.4 Å². The Morgan fingerprint density at radius 1 is 1.54 bits per heavy atom. The fourth-order valence-electron chi connectivity index (χ4n) is 1.07. The van der Waals surface area contributed by atoms with Crippen LogP contribution in [-0.4, -0.2) is 28.9 Å². The number of hydrogen-bond acceptors (Lipinski definition) is 4. The van der Waals surface area contributed by atoms with Crippen molar-refractivity contribution in [3.05, 3.63) is 23.4 Å². The van der Waals surface area contributed by atoms with Gasteiger partial charge in [-0.1, -0.05) is 0 Å². The number of aromatic nitrogens is 1. The van der Waals surface area contributed by atoms with Gasteiger partial charge in [0.15, 0.2) is 0 Å². The first-order chi connectivity index (χ1) is 6.17. The van der Waals surface area contributed by atoms with E-state index in [4.69, 9.17) is 9.84 Å². The number of aliphatic hydroxyl groups is 2. The molecule has 72 valence electrons. The molecule has 0 amide bonds. The zero-order valence-electron chi connectivity index (χ0n) is 7.69. The third-order valence-electron chi connectivity index (χ3n) is 1.72. The van der Waals surface area contributed by atoms with Gasteiger partial charge in [-0.05, 0) is 18.6 Å². The first-order valence-corrected chi connectivity index (χ1v) is 3.99. The molecule has 0 radical (unpaired) electrons. The Labute approximate surface area is 76.8 Å². The minimum absolute atomic E-state index is 0.299. The van der Waals surface area contributed by atoms with Crippen molar-refractivity contribution < 1.29 is 14.9 Å². The van der Waals surface area contributed by atoms with E-state index in [0.717, 1.165) is 5.69 Å². The molecule has 0 aliphatic rings. The third kappa shape index (κ3) is 2.40. The van der Waals surface area contributed by atoms with Crippen molar-refractivity contribution in [2.24, 2.45) is 0 Å². The van der Waals surface area contributed by atoms with Gasteiger partial charge in [-0.25, -0.2) is 4.98 Å². The molecule has 0 spiro atoms. The number of ether oxygens (including phenoxy) is 1. The van der Waals surface area contributed by atoms with E-state index in [1.54, 1.807) is 19.1 Å². The van der Waals surface area contributed by atoms with Crippen LogP contribution >= 0.6 is 0 Å². The molecule has 1 unspecified atom stereocenters. The maximum absolute atomic E-state index is 9.34. The number of rotatable bonds is 3. The van der Waals surface area contributed by atoms with Crippen molar-refractivity contribution >= 4 is 0 Å². The molecule has 1 heterocycles. The quantitative estimate of drug-likeness (QED) is 0.713. The number of pyridine rings is 1. The van der Waals surface area contributed by atoms with Crippen molar-refractivity contribution in [1.29, 1.82) is 0 Å². The van der Waals surface area contributed by atoms with Crippen molar-refractivity contribution in [2.45, 2.75) is 13.0 Å². The number of aliphatic hydroxyl groups excluding tert-OH is 2. The summed E-state index contributed by atoms with van der Waals surface area (Å²) >= 11 is 0. The summed E-state index contributed by atoms with van der Waals surface area (Å²) in [7, 11) is 1.51. The van der Waals surface area contributed by atoms with Crippen LogP contribution < -0.4 is 4.74 Å². The van der Waals surface area contributed by atoms with Crippen LogP contribution in [0.3, 0.4) is 0 Å². The number of aryl methyl sites for hydroxylation is 1. The second-order valence-corrected chi connectivity index (χ2v) is 2.78. The summed E-state index contributed by atoms with van der Waals surface area (Å²) in [6, 6.07) is 3.32. The van der Waals surface area contributed by atoms with E-state index in [1.807, 2.05) is 0 Å². The molecule has 13 heavy (non-hydrogen) atoms. The summed E-state index contributed by atoms with van der Waals surface area (Å²) in [6.07, 6.45) is -0.865. The average molecular weight is 183 g/mol. The Morgan fingerprint density at radius 2 is 2.23 bits per heavy atom. The Balaban J connectivity index is 3.01. The zero-order chi connectivity index (χ0) is 9.84. The smallest absolute Gasteiger partial charge is 0.213 e. The Bertz CT molecular complexity index is 288. The van der Waals surface area contributed by atoms with E-state index >= 15 is 0 Å². The van der Waals surface area contributed by atoms with Gasteiger partial charge in [-0.2, -0.15) is 0 Å². The predicted molar refractivity (Wildman–Crippen MR) is 47.6 cm³/mol. The fraction of sp³-hybridized carbons (Fsp3) is 0.444. The van der Waals surface area contributed by atoms with Gasteiger partial charge in [0.1, 0.15) is 6.10 Å². The topological polar surface area (TPSA) is 62.6 Å². The molecule has 0 aliphatic carbocycles. The number of methoxy groups -OCH3 is 1. The highest BCUT2D eigenvalue weighted by Crippen LogP contribution is 2.18. The highest BCUT2D eigenvalue weighted by molar-refractivity contribution is 5.26. The summed E-state index contributed by atoms with van der Waals surface area (Å²) in [5.74, 6) is 0.447. The van der Waals surface area contributed by atoms with E-state index in [9.17, 15) is 5.11 Å². The van der Waals surface area contributed by atoms with Crippen molar-refractivity contribution in [1.82, 2.24) is 4.98 Å². The molecule has 1 aromatic rings. The first kappa shape index (κ1) is 9.95. The van der Waals surface area contributed by atoms with E-state index in [1.165, 1.54) is 7.11 Å². The zero-order valence-corrected chi connectivity index (χ0v) is 7.69. The van der Waals surface area contributed by atoms with Gasteiger partial charge in [-0.3, -0.25) is 0 Å². The van der Waals surface area contributed by atoms with Gasteiger partial charge in [0.2, 0.25) is 5.88 Å². The van der Waals surface area contributed by atoms with Gasteiger partial charge < -0.3 is 14.9 Å². The summed E-state index contributed by atoms with van der Waals surface area (Å²) in [5, 5.41) is 18.1. The largest absolute Gasteiger partial charge is 0.481 e. The van der Waals surface area contributed by atoms with E-state index in [-0.39, 0.29) is 6.61 Å². The molecule has 0 bridgehead atoms. The van der Waals surface area contributed by atoms with Gasteiger partial charge in [0.25, 0.3) is 0 Å². The van der Waals surface area contributed by atoms with Crippen LogP contribution in [0.15, 0.2) is 12.1 Å². The van der Waals surface area contributed by atoms with Gasteiger partial charge >= 0.3 is 0 Å². The van der Waals surface area contributed by atoms with Crippen LogP contribution in [0.4, 0.5) is 0 Å². The molecule has 4 nitrogen and oxygen atoms in total. The van der Waals surface area contributed by atoms with E-state index < -0.39 is 6.10 Å². The molecule has 2 N–H and O–H groups in total. The molecule has 1 atom stereocenters. The Kier molecular flexibility index (Phi) is 3.22. The summed E-state index contributed by atoms with van der Waals surface area (Å²) in [4.78, 5) is 4.05. The number of hydrogen-bond donors (Lipinski definition) is 2. The van der Waals surface area contributed by atoms with Crippen molar-refractivity contribution in [2.75, 3.05) is 13.7 Å². The lowest BCUT2D eigenvalue weighted by atomic mass is 10.1. The molecule has 0 fully saturated rings. The molecular formula is C9H13NO3. The normalized spacial score (nSPS) is 12.6. The molecule has 4 heteroatoms. The average Bonchev–Trinajstić information content (AvgIpc) is 2.15. The lowest BCUT2D eigenvalue weighted by Gasteiger charge is -2.09. The Hall–Kier alpha value is -1.13. The Morgan fingerprint density at radius 3 is 2.77 bits per heavy atom. The van der Waals surface area contributed by atoms with E-state index in [2.05, 4.69) is 4.98 Å². The van der Waals surface area contributed by atoms with Crippen LogP contribution in [0.2, 0.25) is 0 Å². The van der Waals surface area contributed by atoms with Crippen LogP contribution in [0, 0.1) is 6.92 Å². The van der Waals surface area contributed by atoms with Gasteiger partial charge in [-0.15, -0.1) is 0 Å². The van der Waals surface area contributed by atoms with Crippen LogP contribution in [-0.2, 0) is 0 Å². The fourth-order valence-corrected chi connectivity index (χ4v) is 1.07. The highest BCUT2D eigenvalue weighted by atomic mass is 16.5. The SMILES string of the molecule is COc1cc(C(O)CO)cc(C)n1. The van der Waals surface area contributed by atoms with Gasteiger partial charge in [0.05, 0.1) is 13.7 Å². The van der Waals surface area contributed by atoms with Crippen molar-refractivity contribution in [3.63, 3.8) is 0 Å². The lowest BCUT2D eigenvalue weighted by molar-refractivity contribution is 0.0952. The number of nitrogens with zero attached hydrogens (tertiary/aromatic N) is 1. The first-order valence-electron chi connectivity index (χ1n) is 3.99. The molecule has 0 aliphatic heterocycles. The molecule has 0 aromatic carbocycles.